The molecule has 0 aliphatic rings. The Balaban J connectivity index is 2.41. The number of nitriles is 1. The fourth-order valence-corrected chi connectivity index (χ4v) is 2.09. The molecule has 6 heteroatoms. The number of benzene rings is 1. The van der Waals surface area contributed by atoms with Gasteiger partial charge in [0.25, 0.3) is 0 Å². The molecule has 0 bridgehead atoms. The van der Waals surface area contributed by atoms with E-state index in [0.29, 0.717) is 22.5 Å². The minimum atomic E-state index is -2.02. The monoisotopic (exact) mass is 264 g/mol. The van der Waals surface area contributed by atoms with Crippen molar-refractivity contribution in [1.29, 1.82) is 5.26 Å². The molecule has 92 valence electrons. The number of nitrogens with zero attached hydrogens (tertiary/aromatic N) is 1. The molecule has 0 aliphatic carbocycles. The first-order chi connectivity index (χ1) is 8.60. The van der Waals surface area contributed by atoms with E-state index in [1.165, 1.54) is 12.1 Å². The highest BCUT2D eigenvalue weighted by Crippen LogP contribution is 2.22. The summed E-state index contributed by atoms with van der Waals surface area (Å²) in [6.07, 6.45) is 0. The SMILES string of the molecule is N#Cc1cc(-c2ccc(F)cc2)[nH]c1CS(=O)O. The van der Waals surface area contributed by atoms with Crippen LogP contribution in [0.15, 0.2) is 30.3 Å². The van der Waals surface area contributed by atoms with E-state index in [9.17, 15) is 8.60 Å². The van der Waals surface area contributed by atoms with Crippen LogP contribution in [0.3, 0.4) is 0 Å². The third kappa shape index (κ3) is 2.64. The lowest BCUT2D eigenvalue weighted by Gasteiger charge is -1.97. The average Bonchev–Trinajstić information content (AvgIpc) is 2.72. The zero-order valence-corrected chi connectivity index (χ0v) is 10.00. The van der Waals surface area contributed by atoms with Gasteiger partial charge in [-0.1, -0.05) is 0 Å². The van der Waals surface area contributed by atoms with Crippen LogP contribution in [-0.2, 0) is 16.8 Å². The maximum atomic E-state index is 12.8. The maximum Gasteiger partial charge on any atom is 0.158 e. The first-order valence-corrected chi connectivity index (χ1v) is 6.33. The standard InChI is InChI=1S/C12H9FN2O2S/c13-10-3-1-8(2-4-10)11-5-9(6-14)12(15-11)7-18(16)17/h1-5,15H,7H2,(H,16,17). The average molecular weight is 264 g/mol. The first-order valence-electron chi connectivity index (χ1n) is 5.05. The predicted octanol–water partition coefficient (Wildman–Crippen LogP) is 2.41. The molecule has 0 aliphatic heterocycles. The summed E-state index contributed by atoms with van der Waals surface area (Å²) in [6, 6.07) is 9.30. The molecule has 0 saturated carbocycles. The summed E-state index contributed by atoms with van der Waals surface area (Å²) >= 11 is -2.02. The third-order valence-electron chi connectivity index (χ3n) is 2.44. The molecule has 0 fully saturated rings. The Labute approximate surface area is 105 Å². The van der Waals surface area contributed by atoms with Crippen LogP contribution >= 0.6 is 0 Å². The van der Waals surface area contributed by atoms with Crippen LogP contribution in [0.5, 0.6) is 0 Å². The molecule has 0 amide bonds. The number of hydrogen-bond donors (Lipinski definition) is 2. The molecule has 2 N–H and O–H groups in total. The van der Waals surface area contributed by atoms with Gasteiger partial charge in [-0.25, -0.2) is 8.60 Å². The lowest BCUT2D eigenvalue weighted by Crippen LogP contribution is -1.95. The Hall–Kier alpha value is -1.97. The topological polar surface area (TPSA) is 76.9 Å². The van der Waals surface area contributed by atoms with Gasteiger partial charge in [0.1, 0.15) is 11.9 Å². The smallest absolute Gasteiger partial charge is 0.158 e. The Morgan fingerprint density at radius 1 is 1.39 bits per heavy atom. The van der Waals surface area contributed by atoms with Crippen molar-refractivity contribution in [2.24, 2.45) is 0 Å². The van der Waals surface area contributed by atoms with Gasteiger partial charge in [0.05, 0.1) is 11.3 Å². The molecule has 2 rings (SSSR count). The summed E-state index contributed by atoms with van der Waals surface area (Å²) in [7, 11) is 0. The number of rotatable bonds is 3. The van der Waals surface area contributed by atoms with Gasteiger partial charge < -0.3 is 9.54 Å². The second-order valence-electron chi connectivity index (χ2n) is 3.66. The fourth-order valence-electron chi connectivity index (χ4n) is 1.62. The predicted molar refractivity (Wildman–Crippen MR) is 65.4 cm³/mol. The second-order valence-corrected chi connectivity index (χ2v) is 4.59. The van der Waals surface area contributed by atoms with E-state index in [4.69, 9.17) is 9.81 Å². The van der Waals surface area contributed by atoms with Crippen molar-refractivity contribution in [1.82, 2.24) is 4.98 Å². The quantitative estimate of drug-likeness (QED) is 0.836. The Morgan fingerprint density at radius 3 is 2.61 bits per heavy atom. The number of nitrogens with one attached hydrogen (secondary N) is 1. The Kier molecular flexibility index (Phi) is 3.55. The molecule has 18 heavy (non-hydrogen) atoms. The highest BCUT2D eigenvalue weighted by Gasteiger charge is 2.11. The van der Waals surface area contributed by atoms with Crippen LogP contribution < -0.4 is 0 Å². The van der Waals surface area contributed by atoms with Crippen molar-refractivity contribution >= 4 is 11.1 Å². The van der Waals surface area contributed by atoms with Gasteiger partial charge in [-0.2, -0.15) is 5.26 Å². The molecular weight excluding hydrogens is 255 g/mol. The molecule has 1 atom stereocenters. The summed E-state index contributed by atoms with van der Waals surface area (Å²) < 4.78 is 32.4. The van der Waals surface area contributed by atoms with Gasteiger partial charge >= 0.3 is 0 Å². The minimum absolute atomic E-state index is 0.135. The summed E-state index contributed by atoms with van der Waals surface area (Å²) in [4.78, 5) is 2.90. The van der Waals surface area contributed by atoms with Crippen molar-refractivity contribution in [2.75, 3.05) is 0 Å². The molecule has 0 radical (unpaired) electrons. The molecule has 1 aromatic heterocycles. The van der Waals surface area contributed by atoms with Crippen LogP contribution in [-0.4, -0.2) is 13.7 Å². The zero-order valence-electron chi connectivity index (χ0n) is 9.18. The summed E-state index contributed by atoms with van der Waals surface area (Å²) in [5.41, 5.74) is 2.05. The zero-order chi connectivity index (χ0) is 13.1. The number of aromatic amines is 1. The molecule has 1 unspecified atom stereocenters. The van der Waals surface area contributed by atoms with E-state index in [1.54, 1.807) is 18.2 Å². The van der Waals surface area contributed by atoms with Crippen molar-refractivity contribution in [2.45, 2.75) is 5.75 Å². The molecule has 1 aromatic carbocycles. The maximum absolute atomic E-state index is 12.8. The van der Waals surface area contributed by atoms with Gasteiger partial charge in [0, 0.05) is 11.4 Å². The van der Waals surface area contributed by atoms with Crippen molar-refractivity contribution in [3.05, 3.63) is 47.4 Å². The summed E-state index contributed by atoms with van der Waals surface area (Å²) in [6.45, 7) is 0. The number of hydrogen-bond acceptors (Lipinski definition) is 2. The minimum Gasteiger partial charge on any atom is -0.356 e. The van der Waals surface area contributed by atoms with E-state index < -0.39 is 11.1 Å². The molecule has 1 heterocycles. The fraction of sp³-hybridized carbons (Fsp3) is 0.0833. The number of aromatic nitrogens is 1. The van der Waals surface area contributed by atoms with Crippen LogP contribution in [0.1, 0.15) is 11.3 Å². The van der Waals surface area contributed by atoms with Gasteiger partial charge in [0.15, 0.2) is 11.1 Å². The lowest BCUT2D eigenvalue weighted by molar-refractivity contribution is 0.563. The lowest BCUT2D eigenvalue weighted by atomic mass is 10.1. The number of H-pyrrole nitrogens is 1. The summed E-state index contributed by atoms with van der Waals surface area (Å²) in [5, 5.41) is 8.93. The summed E-state index contributed by atoms with van der Waals surface area (Å²) in [5.74, 6) is -0.480. The van der Waals surface area contributed by atoms with E-state index in [1.807, 2.05) is 6.07 Å². The molecule has 2 aromatic rings. The van der Waals surface area contributed by atoms with E-state index in [2.05, 4.69) is 4.98 Å². The van der Waals surface area contributed by atoms with Gasteiger partial charge in [0.2, 0.25) is 0 Å². The molecule has 4 nitrogen and oxygen atoms in total. The molecular formula is C12H9FN2O2S. The van der Waals surface area contributed by atoms with E-state index in [0.717, 1.165) is 0 Å². The van der Waals surface area contributed by atoms with Gasteiger partial charge in [-0.15, -0.1) is 0 Å². The Bertz CT molecular complexity index is 629. The molecule has 0 saturated heterocycles. The second kappa shape index (κ2) is 5.12. The first kappa shape index (κ1) is 12.5. The Morgan fingerprint density at radius 2 is 2.06 bits per heavy atom. The van der Waals surface area contributed by atoms with Crippen LogP contribution in [0.25, 0.3) is 11.3 Å². The third-order valence-corrected chi connectivity index (χ3v) is 2.98. The highest BCUT2D eigenvalue weighted by molar-refractivity contribution is 7.78. The molecule has 0 spiro atoms. The van der Waals surface area contributed by atoms with Crippen molar-refractivity contribution < 1.29 is 13.2 Å². The van der Waals surface area contributed by atoms with Crippen LogP contribution in [0.4, 0.5) is 4.39 Å². The van der Waals surface area contributed by atoms with E-state index in [-0.39, 0.29) is 11.6 Å². The highest BCUT2D eigenvalue weighted by atomic mass is 32.2. The normalized spacial score (nSPS) is 12.1. The largest absolute Gasteiger partial charge is 0.356 e. The number of halogens is 1. The van der Waals surface area contributed by atoms with Gasteiger partial charge in [-0.3, -0.25) is 0 Å². The van der Waals surface area contributed by atoms with Crippen LogP contribution in [0.2, 0.25) is 0 Å². The van der Waals surface area contributed by atoms with Crippen molar-refractivity contribution in [3.8, 4) is 17.3 Å². The van der Waals surface area contributed by atoms with E-state index >= 15 is 0 Å². The van der Waals surface area contributed by atoms with Crippen molar-refractivity contribution in [3.63, 3.8) is 0 Å². The van der Waals surface area contributed by atoms with Gasteiger partial charge in [-0.05, 0) is 35.9 Å². The van der Waals surface area contributed by atoms with Crippen LogP contribution in [0, 0.1) is 17.1 Å².